The van der Waals surface area contributed by atoms with E-state index < -0.39 is 21.9 Å². The summed E-state index contributed by atoms with van der Waals surface area (Å²) in [6.45, 7) is 0. The predicted molar refractivity (Wildman–Crippen MR) is 104 cm³/mol. The highest BCUT2D eigenvalue weighted by Crippen LogP contribution is 2.32. The molecule has 31 heavy (non-hydrogen) atoms. The number of hydrogen-bond donors (Lipinski definition) is 1. The first-order chi connectivity index (χ1) is 14.6. The summed E-state index contributed by atoms with van der Waals surface area (Å²) in [6.07, 6.45) is 0.0403. The van der Waals surface area contributed by atoms with Crippen LogP contribution in [-0.4, -0.2) is 40.1 Å². The molecule has 9 nitrogen and oxygen atoms in total. The van der Waals surface area contributed by atoms with Crippen LogP contribution in [-0.2, 0) is 23.2 Å². The average molecular weight is 452 g/mol. The molecule has 0 atom stereocenters. The van der Waals surface area contributed by atoms with Crippen LogP contribution in [0.1, 0.15) is 5.69 Å². The summed E-state index contributed by atoms with van der Waals surface area (Å²) in [7, 11) is -0.956. The number of anilines is 1. The minimum atomic E-state index is -4.64. The number of ether oxygens (including phenoxy) is 1. The fourth-order valence-corrected chi connectivity index (χ4v) is 4.03. The van der Waals surface area contributed by atoms with E-state index in [4.69, 9.17) is 4.74 Å². The van der Waals surface area contributed by atoms with Crippen molar-refractivity contribution in [3.05, 3.63) is 54.7 Å². The number of fused-ring (bicyclic) bond motifs is 1. The van der Waals surface area contributed by atoms with Crippen LogP contribution in [0, 0.1) is 0 Å². The predicted octanol–water partition coefficient (Wildman–Crippen LogP) is 2.98. The van der Waals surface area contributed by atoms with Crippen LogP contribution >= 0.6 is 0 Å². The van der Waals surface area contributed by atoms with Crippen LogP contribution in [0.5, 0.6) is 5.75 Å². The van der Waals surface area contributed by atoms with Crippen molar-refractivity contribution in [1.82, 2.24) is 24.5 Å². The number of pyridine rings is 1. The summed E-state index contributed by atoms with van der Waals surface area (Å²) in [6, 6.07) is 5.19. The summed E-state index contributed by atoms with van der Waals surface area (Å²) >= 11 is 0. The molecule has 4 aromatic rings. The Hall–Kier alpha value is -3.61. The molecule has 0 aliphatic heterocycles. The number of rotatable bonds is 5. The number of sulfonamides is 1. The zero-order chi connectivity index (χ0) is 22.4. The van der Waals surface area contributed by atoms with Gasteiger partial charge in [0.25, 0.3) is 10.0 Å². The van der Waals surface area contributed by atoms with Gasteiger partial charge in [-0.25, -0.2) is 13.1 Å². The van der Waals surface area contributed by atoms with E-state index in [1.54, 1.807) is 19.3 Å². The number of hydrogen-bond acceptors (Lipinski definition) is 6. The number of aryl methyl sites for hydroxylation is 1. The number of benzene rings is 1. The molecule has 0 spiro atoms. The molecule has 13 heteroatoms. The van der Waals surface area contributed by atoms with Crippen LogP contribution in [0.4, 0.5) is 18.9 Å². The highest BCUT2D eigenvalue weighted by atomic mass is 32.2. The van der Waals surface area contributed by atoms with Gasteiger partial charge in [0.15, 0.2) is 0 Å². The molecule has 0 aliphatic rings. The molecule has 0 saturated carbocycles. The van der Waals surface area contributed by atoms with Gasteiger partial charge >= 0.3 is 6.18 Å². The lowest BCUT2D eigenvalue weighted by molar-refractivity contribution is -0.141. The van der Waals surface area contributed by atoms with E-state index in [1.165, 1.54) is 23.9 Å². The van der Waals surface area contributed by atoms with Gasteiger partial charge in [0.2, 0.25) is 0 Å². The Balaban J connectivity index is 1.69. The van der Waals surface area contributed by atoms with Gasteiger partial charge in [0.1, 0.15) is 16.3 Å². The summed E-state index contributed by atoms with van der Waals surface area (Å²) in [4.78, 5) is 3.05. The lowest BCUT2D eigenvalue weighted by Crippen LogP contribution is -2.13. The van der Waals surface area contributed by atoms with Crippen LogP contribution in [0.25, 0.3) is 16.6 Å². The molecule has 0 amide bonds. The fraction of sp³-hybridized carbons (Fsp3) is 0.167. The number of nitrogens with zero attached hydrogens (tertiary/aromatic N) is 5. The zero-order valence-corrected chi connectivity index (χ0v) is 16.9. The van der Waals surface area contributed by atoms with Gasteiger partial charge in [-0.15, -0.1) is 0 Å². The molecule has 0 aliphatic carbocycles. The molecule has 0 radical (unpaired) electrons. The van der Waals surface area contributed by atoms with Crippen LogP contribution in [0.15, 0.2) is 53.9 Å². The van der Waals surface area contributed by atoms with E-state index in [0.717, 1.165) is 29.3 Å². The van der Waals surface area contributed by atoms with Crippen molar-refractivity contribution in [2.24, 2.45) is 7.05 Å². The molecule has 0 saturated heterocycles. The Bertz CT molecular complexity index is 1380. The second-order valence-corrected chi connectivity index (χ2v) is 8.15. The van der Waals surface area contributed by atoms with Crippen LogP contribution in [0.3, 0.4) is 0 Å². The highest BCUT2D eigenvalue weighted by Gasteiger charge is 2.32. The second kappa shape index (κ2) is 7.27. The van der Waals surface area contributed by atoms with E-state index in [1.807, 2.05) is 0 Å². The lowest BCUT2D eigenvalue weighted by Gasteiger charge is -2.10. The van der Waals surface area contributed by atoms with Gasteiger partial charge < -0.3 is 4.74 Å². The number of aromatic nitrogens is 5. The molecule has 0 bridgehead atoms. The second-order valence-electron chi connectivity index (χ2n) is 6.47. The van der Waals surface area contributed by atoms with E-state index in [9.17, 15) is 21.6 Å². The summed E-state index contributed by atoms with van der Waals surface area (Å²) < 4.78 is 74.7. The molecule has 1 aromatic carbocycles. The van der Waals surface area contributed by atoms with E-state index in [0.29, 0.717) is 16.7 Å². The Kier molecular flexibility index (Phi) is 4.84. The standard InChI is InChI=1S/C18H15F3N6O3S/c1-26-17-13(9-23-26)15(30-2)4-3-14(17)25-31(28,29)12-8-24-27(10-12)11-5-6-22-16(7-11)18(19,20)21/h3-10,25H,1-2H3. The highest BCUT2D eigenvalue weighted by molar-refractivity contribution is 7.92. The minimum Gasteiger partial charge on any atom is -0.496 e. The summed E-state index contributed by atoms with van der Waals surface area (Å²) in [5.74, 6) is 0.525. The smallest absolute Gasteiger partial charge is 0.433 e. The zero-order valence-electron chi connectivity index (χ0n) is 16.1. The Labute approximate surface area is 174 Å². The topological polar surface area (TPSA) is 104 Å². The fourth-order valence-electron chi connectivity index (χ4n) is 3.03. The van der Waals surface area contributed by atoms with Crippen molar-refractivity contribution in [3.63, 3.8) is 0 Å². The Morgan fingerprint density at radius 1 is 1.13 bits per heavy atom. The van der Waals surface area contributed by atoms with Crippen molar-refractivity contribution in [2.75, 3.05) is 11.8 Å². The maximum atomic E-state index is 12.9. The first-order valence-electron chi connectivity index (χ1n) is 8.70. The summed E-state index contributed by atoms with van der Waals surface area (Å²) in [5.41, 5.74) is -0.340. The monoisotopic (exact) mass is 452 g/mol. The molecule has 1 N–H and O–H groups in total. The van der Waals surface area contributed by atoms with Crippen molar-refractivity contribution in [3.8, 4) is 11.4 Å². The molecular weight excluding hydrogens is 437 g/mol. The molecule has 3 heterocycles. The molecule has 0 unspecified atom stereocenters. The third kappa shape index (κ3) is 3.79. The first-order valence-corrected chi connectivity index (χ1v) is 10.2. The lowest BCUT2D eigenvalue weighted by atomic mass is 10.2. The largest absolute Gasteiger partial charge is 0.496 e. The van der Waals surface area contributed by atoms with Gasteiger partial charge in [-0.3, -0.25) is 14.4 Å². The van der Waals surface area contributed by atoms with E-state index >= 15 is 0 Å². The van der Waals surface area contributed by atoms with Gasteiger partial charge in [0, 0.05) is 13.2 Å². The quantitative estimate of drug-likeness (QED) is 0.499. The maximum absolute atomic E-state index is 12.9. The van der Waals surface area contributed by atoms with Gasteiger partial charge in [-0.05, 0) is 24.3 Å². The van der Waals surface area contributed by atoms with Gasteiger partial charge in [0.05, 0.1) is 48.0 Å². The van der Waals surface area contributed by atoms with Crippen LogP contribution in [0.2, 0.25) is 0 Å². The van der Waals surface area contributed by atoms with E-state index in [-0.39, 0.29) is 16.3 Å². The Morgan fingerprint density at radius 3 is 2.61 bits per heavy atom. The van der Waals surface area contributed by atoms with Crippen molar-refractivity contribution < 1.29 is 26.3 Å². The number of methoxy groups -OCH3 is 1. The van der Waals surface area contributed by atoms with Crippen LogP contribution < -0.4 is 9.46 Å². The molecular formula is C18H15F3N6O3S. The minimum absolute atomic E-state index is 0.0160. The van der Waals surface area contributed by atoms with E-state index in [2.05, 4.69) is 19.9 Å². The maximum Gasteiger partial charge on any atom is 0.433 e. The van der Waals surface area contributed by atoms with Crippen molar-refractivity contribution in [2.45, 2.75) is 11.1 Å². The van der Waals surface area contributed by atoms with Gasteiger partial charge in [-0.2, -0.15) is 23.4 Å². The van der Waals surface area contributed by atoms with Gasteiger partial charge in [-0.1, -0.05) is 0 Å². The molecule has 4 rings (SSSR count). The number of nitrogens with one attached hydrogen (secondary N) is 1. The number of halogens is 3. The SMILES string of the molecule is COc1ccc(NS(=O)(=O)c2cnn(-c3ccnc(C(F)(F)F)c3)c2)c2c1cnn2C. The first kappa shape index (κ1) is 20.7. The summed E-state index contributed by atoms with van der Waals surface area (Å²) in [5, 5.41) is 8.62. The molecule has 162 valence electrons. The average Bonchev–Trinajstić information content (AvgIpc) is 3.36. The van der Waals surface area contributed by atoms with Crippen molar-refractivity contribution in [1.29, 1.82) is 0 Å². The molecule has 0 fully saturated rings. The third-order valence-corrected chi connectivity index (χ3v) is 5.81. The Morgan fingerprint density at radius 2 is 1.90 bits per heavy atom. The van der Waals surface area contributed by atoms with Crippen molar-refractivity contribution >= 4 is 26.6 Å². The third-order valence-electron chi connectivity index (χ3n) is 4.49. The number of alkyl halides is 3. The normalized spacial score (nSPS) is 12.3. The molecule has 3 aromatic heterocycles.